The molecule has 0 unspecified atom stereocenters. The molecular formula is C8H15NO. The summed E-state index contributed by atoms with van der Waals surface area (Å²) in [6.07, 6.45) is 2.76. The van der Waals surface area contributed by atoms with Gasteiger partial charge in [0.05, 0.1) is 0 Å². The number of unbranched alkanes of at least 4 members (excludes halogenated alkanes) is 1. The number of allylic oxidation sites excluding steroid dienone is 1. The highest BCUT2D eigenvalue weighted by molar-refractivity contribution is 5.92. The summed E-state index contributed by atoms with van der Waals surface area (Å²) in [5.74, 6) is 0.0945. The van der Waals surface area contributed by atoms with Crippen molar-refractivity contribution in [3.8, 4) is 0 Å². The first-order valence-electron chi connectivity index (χ1n) is 3.57. The Morgan fingerprint density at radius 1 is 1.50 bits per heavy atom. The van der Waals surface area contributed by atoms with E-state index in [2.05, 4.69) is 6.58 Å². The van der Waals surface area contributed by atoms with Crippen molar-refractivity contribution in [1.82, 2.24) is 0 Å². The average Bonchev–Trinajstić information content (AvgIpc) is 1.88. The van der Waals surface area contributed by atoms with Gasteiger partial charge >= 0.3 is 0 Å². The molecule has 0 heterocycles. The van der Waals surface area contributed by atoms with Gasteiger partial charge in [-0.3, -0.25) is 4.79 Å². The molecule has 2 N–H and O–H groups in total. The zero-order valence-electron chi connectivity index (χ0n) is 6.52. The summed E-state index contributed by atoms with van der Waals surface area (Å²) >= 11 is 0. The fourth-order valence-electron chi connectivity index (χ4n) is 0.659. The lowest BCUT2D eigenvalue weighted by Crippen LogP contribution is -2.00. The summed E-state index contributed by atoms with van der Waals surface area (Å²) in [4.78, 5) is 10.6. The van der Waals surface area contributed by atoms with Gasteiger partial charge in [-0.2, -0.15) is 0 Å². The van der Waals surface area contributed by atoms with Crippen molar-refractivity contribution in [2.75, 3.05) is 6.54 Å². The van der Waals surface area contributed by atoms with E-state index in [1.54, 1.807) is 6.92 Å². The smallest absolute Gasteiger partial charge is 0.155 e. The Bertz CT molecular complexity index is 129. The fourth-order valence-corrected chi connectivity index (χ4v) is 0.659. The van der Waals surface area contributed by atoms with Crippen molar-refractivity contribution in [3.05, 3.63) is 12.2 Å². The van der Waals surface area contributed by atoms with Crippen LogP contribution < -0.4 is 5.73 Å². The monoisotopic (exact) mass is 141 g/mol. The van der Waals surface area contributed by atoms with Gasteiger partial charge in [0.15, 0.2) is 5.78 Å². The Morgan fingerprint density at radius 2 is 2.10 bits per heavy atom. The van der Waals surface area contributed by atoms with Gasteiger partial charge in [0.25, 0.3) is 0 Å². The van der Waals surface area contributed by atoms with Gasteiger partial charge in [-0.25, -0.2) is 0 Å². The molecule has 0 radical (unpaired) electrons. The molecule has 10 heavy (non-hydrogen) atoms. The number of rotatable bonds is 5. The molecule has 0 rings (SSSR count). The van der Waals surface area contributed by atoms with E-state index in [0.717, 1.165) is 19.3 Å². The molecule has 0 aliphatic carbocycles. The van der Waals surface area contributed by atoms with Gasteiger partial charge in [-0.05, 0) is 38.3 Å². The Kier molecular flexibility index (Phi) is 4.85. The average molecular weight is 141 g/mol. The van der Waals surface area contributed by atoms with Crippen LogP contribution in [0.5, 0.6) is 0 Å². The van der Waals surface area contributed by atoms with Crippen LogP contribution in [-0.4, -0.2) is 12.3 Å². The second-order valence-corrected chi connectivity index (χ2v) is 2.41. The van der Waals surface area contributed by atoms with E-state index < -0.39 is 0 Å². The third-order valence-corrected chi connectivity index (χ3v) is 1.43. The lowest BCUT2D eigenvalue weighted by atomic mass is 10.1. The minimum Gasteiger partial charge on any atom is -0.330 e. The first-order valence-corrected chi connectivity index (χ1v) is 3.57. The van der Waals surface area contributed by atoms with Crippen molar-refractivity contribution >= 4 is 5.78 Å². The SMILES string of the molecule is C=C(CCCCN)C(C)=O. The van der Waals surface area contributed by atoms with Crippen LogP contribution in [0.15, 0.2) is 12.2 Å². The molecule has 0 atom stereocenters. The number of Topliss-reactive ketones (excluding diaryl/α,β-unsaturated/α-hetero) is 1. The van der Waals surface area contributed by atoms with Crippen molar-refractivity contribution in [1.29, 1.82) is 0 Å². The minimum absolute atomic E-state index is 0.0945. The standard InChI is InChI=1S/C8H15NO/c1-7(8(2)10)5-3-4-6-9/h1,3-6,9H2,2H3. The van der Waals surface area contributed by atoms with E-state index in [0.29, 0.717) is 12.1 Å². The van der Waals surface area contributed by atoms with Gasteiger partial charge in [0, 0.05) is 0 Å². The van der Waals surface area contributed by atoms with Crippen molar-refractivity contribution < 1.29 is 4.79 Å². The van der Waals surface area contributed by atoms with E-state index in [1.807, 2.05) is 0 Å². The van der Waals surface area contributed by atoms with E-state index in [9.17, 15) is 4.79 Å². The molecule has 58 valence electrons. The predicted octanol–water partition coefficient (Wildman–Crippen LogP) is 1.26. The van der Waals surface area contributed by atoms with Crippen LogP contribution >= 0.6 is 0 Å². The number of carbonyl (C=O) groups is 1. The predicted molar refractivity (Wildman–Crippen MR) is 42.7 cm³/mol. The Hall–Kier alpha value is -0.630. The fraction of sp³-hybridized carbons (Fsp3) is 0.625. The Balaban J connectivity index is 3.31. The van der Waals surface area contributed by atoms with Crippen LogP contribution in [0.1, 0.15) is 26.2 Å². The highest BCUT2D eigenvalue weighted by Crippen LogP contribution is 2.04. The van der Waals surface area contributed by atoms with E-state index in [1.165, 1.54) is 0 Å². The third-order valence-electron chi connectivity index (χ3n) is 1.43. The molecule has 0 amide bonds. The van der Waals surface area contributed by atoms with Crippen molar-refractivity contribution in [3.63, 3.8) is 0 Å². The molecule has 0 saturated carbocycles. The number of ketones is 1. The third kappa shape index (κ3) is 4.27. The summed E-state index contributed by atoms with van der Waals surface area (Å²) in [7, 11) is 0. The number of nitrogens with two attached hydrogens (primary N) is 1. The second kappa shape index (κ2) is 5.18. The van der Waals surface area contributed by atoms with Gasteiger partial charge < -0.3 is 5.73 Å². The molecule has 0 spiro atoms. The molecule has 0 aliphatic rings. The largest absolute Gasteiger partial charge is 0.330 e. The van der Waals surface area contributed by atoms with Crippen LogP contribution in [-0.2, 0) is 4.79 Å². The highest BCUT2D eigenvalue weighted by atomic mass is 16.1. The highest BCUT2D eigenvalue weighted by Gasteiger charge is 1.98. The first kappa shape index (κ1) is 9.37. The van der Waals surface area contributed by atoms with Crippen LogP contribution in [0.2, 0.25) is 0 Å². The van der Waals surface area contributed by atoms with Gasteiger partial charge in [0.1, 0.15) is 0 Å². The van der Waals surface area contributed by atoms with Gasteiger partial charge in [-0.15, -0.1) is 0 Å². The maximum atomic E-state index is 10.6. The molecule has 0 fully saturated rings. The Morgan fingerprint density at radius 3 is 2.50 bits per heavy atom. The molecule has 0 aromatic heterocycles. The van der Waals surface area contributed by atoms with Gasteiger partial charge in [-0.1, -0.05) is 6.58 Å². The lowest BCUT2D eigenvalue weighted by molar-refractivity contribution is -0.113. The van der Waals surface area contributed by atoms with Gasteiger partial charge in [0.2, 0.25) is 0 Å². The van der Waals surface area contributed by atoms with Crippen LogP contribution in [0.25, 0.3) is 0 Å². The quantitative estimate of drug-likeness (QED) is 0.462. The first-order chi connectivity index (χ1) is 4.68. The maximum absolute atomic E-state index is 10.6. The number of hydrogen-bond donors (Lipinski definition) is 1. The Labute approximate surface area is 62.1 Å². The summed E-state index contributed by atoms with van der Waals surface area (Å²) < 4.78 is 0. The second-order valence-electron chi connectivity index (χ2n) is 2.41. The molecular weight excluding hydrogens is 126 g/mol. The molecule has 0 aromatic carbocycles. The number of hydrogen-bond acceptors (Lipinski definition) is 2. The minimum atomic E-state index is 0.0945. The molecule has 2 heteroatoms. The van der Waals surface area contributed by atoms with Crippen LogP contribution in [0.3, 0.4) is 0 Å². The summed E-state index contributed by atoms with van der Waals surface area (Å²) in [5, 5.41) is 0. The molecule has 0 bridgehead atoms. The number of carbonyl (C=O) groups excluding carboxylic acids is 1. The molecule has 0 aromatic rings. The van der Waals surface area contributed by atoms with Crippen LogP contribution in [0.4, 0.5) is 0 Å². The zero-order valence-corrected chi connectivity index (χ0v) is 6.52. The lowest BCUT2D eigenvalue weighted by Gasteiger charge is -1.98. The van der Waals surface area contributed by atoms with Crippen molar-refractivity contribution in [2.45, 2.75) is 26.2 Å². The van der Waals surface area contributed by atoms with Crippen molar-refractivity contribution in [2.24, 2.45) is 5.73 Å². The van der Waals surface area contributed by atoms with E-state index in [4.69, 9.17) is 5.73 Å². The topological polar surface area (TPSA) is 43.1 Å². The molecule has 0 aliphatic heterocycles. The van der Waals surface area contributed by atoms with E-state index >= 15 is 0 Å². The molecule has 0 saturated heterocycles. The normalized spacial score (nSPS) is 9.40. The summed E-state index contributed by atoms with van der Waals surface area (Å²) in [6.45, 7) is 5.88. The maximum Gasteiger partial charge on any atom is 0.155 e. The zero-order chi connectivity index (χ0) is 7.98. The summed E-state index contributed by atoms with van der Waals surface area (Å²) in [5.41, 5.74) is 5.99. The molecule has 2 nitrogen and oxygen atoms in total. The van der Waals surface area contributed by atoms with Crippen LogP contribution in [0, 0.1) is 0 Å². The van der Waals surface area contributed by atoms with E-state index in [-0.39, 0.29) is 5.78 Å². The summed E-state index contributed by atoms with van der Waals surface area (Å²) in [6, 6.07) is 0.